The minimum atomic E-state index is 0.714. The molecule has 0 saturated carbocycles. The van der Waals surface area contributed by atoms with E-state index in [0.717, 1.165) is 10.9 Å². The van der Waals surface area contributed by atoms with Crippen LogP contribution in [-0.2, 0) is 6.54 Å². The van der Waals surface area contributed by atoms with E-state index in [2.05, 4.69) is 11.4 Å². The Hall–Kier alpha value is 0.300. The third-order valence-corrected chi connectivity index (χ3v) is 4.52. The maximum absolute atomic E-state index is 5.84. The van der Waals surface area contributed by atoms with E-state index >= 15 is 0 Å². The predicted molar refractivity (Wildman–Crippen MR) is 61.9 cm³/mol. The molecule has 4 heteroatoms. The topological polar surface area (TPSA) is 12.0 Å². The summed E-state index contributed by atoms with van der Waals surface area (Å²) in [6, 6.07) is 4.78. The Bertz CT molecular complexity index is 268. The van der Waals surface area contributed by atoms with Gasteiger partial charge in [-0.05, 0) is 24.3 Å². The van der Waals surface area contributed by atoms with Crippen LogP contribution in [0.4, 0.5) is 0 Å². The molecule has 2 heterocycles. The summed E-state index contributed by atoms with van der Waals surface area (Å²) < 4.78 is 0.887. The fourth-order valence-corrected chi connectivity index (χ4v) is 3.61. The number of rotatable bonds is 3. The monoisotopic (exact) mass is 233 g/mol. The molecule has 0 aromatic carbocycles. The fraction of sp³-hybridized carbons (Fsp3) is 0.556. The highest BCUT2D eigenvalue weighted by molar-refractivity contribution is 7.99. The second-order valence-electron chi connectivity index (χ2n) is 3.15. The summed E-state index contributed by atoms with van der Waals surface area (Å²) in [6.07, 6.45) is 1.31. The molecule has 0 aliphatic carbocycles. The van der Waals surface area contributed by atoms with E-state index in [1.54, 1.807) is 11.3 Å². The zero-order valence-corrected chi connectivity index (χ0v) is 9.64. The molecule has 1 aliphatic rings. The molecule has 1 aromatic heterocycles. The highest BCUT2D eigenvalue weighted by atomic mass is 35.5. The maximum atomic E-state index is 5.84. The lowest BCUT2D eigenvalue weighted by molar-refractivity contribution is 0.561. The van der Waals surface area contributed by atoms with Gasteiger partial charge < -0.3 is 5.32 Å². The first-order valence-corrected chi connectivity index (χ1v) is 6.75. The number of hydrogen-bond acceptors (Lipinski definition) is 3. The Balaban J connectivity index is 1.78. The van der Waals surface area contributed by atoms with Crippen LogP contribution in [0.1, 0.15) is 11.3 Å². The zero-order chi connectivity index (χ0) is 9.10. The molecule has 0 radical (unpaired) electrons. The van der Waals surface area contributed by atoms with Crippen molar-refractivity contribution in [1.29, 1.82) is 0 Å². The van der Waals surface area contributed by atoms with Crippen molar-refractivity contribution >= 4 is 34.7 Å². The second-order valence-corrected chi connectivity index (χ2v) is 6.10. The van der Waals surface area contributed by atoms with Crippen LogP contribution in [-0.4, -0.2) is 17.5 Å². The van der Waals surface area contributed by atoms with Crippen molar-refractivity contribution in [3.05, 3.63) is 21.3 Å². The number of nitrogens with one attached hydrogen (secondary N) is 1. The zero-order valence-electron chi connectivity index (χ0n) is 7.25. The predicted octanol–water partition coefficient (Wildman–Crippen LogP) is 3.00. The molecule has 0 bridgehead atoms. The molecule has 1 nitrogen and oxygen atoms in total. The molecule has 0 amide bonds. The molecular weight excluding hydrogens is 222 g/mol. The van der Waals surface area contributed by atoms with Crippen molar-refractivity contribution in [3.8, 4) is 0 Å². The Kier molecular flexibility index (Phi) is 3.55. The smallest absolute Gasteiger partial charge is 0.0931 e. The molecule has 1 atom stereocenters. The van der Waals surface area contributed by atoms with Gasteiger partial charge in [0.15, 0.2) is 0 Å². The van der Waals surface area contributed by atoms with Gasteiger partial charge in [-0.2, -0.15) is 11.8 Å². The van der Waals surface area contributed by atoms with Crippen molar-refractivity contribution in [2.24, 2.45) is 0 Å². The van der Waals surface area contributed by atoms with Gasteiger partial charge in [-0.3, -0.25) is 0 Å². The average Bonchev–Trinajstić information content (AvgIpc) is 2.71. The maximum Gasteiger partial charge on any atom is 0.0931 e. The van der Waals surface area contributed by atoms with Crippen LogP contribution in [0.5, 0.6) is 0 Å². The molecule has 1 N–H and O–H groups in total. The van der Waals surface area contributed by atoms with Gasteiger partial charge in [0.2, 0.25) is 0 Å². The van der Waals surface area contributed by atoms with E-state index in [1.165, 1.54) is 22.8 Å². The van der Waals surface area contributed by atoms with Crippen LogP contribution >= 0.6 is 34.7 Å². The molecule has 1 aliphatic heterocycles. The van der Waals surface area contributed by atoms with E-state index in [4.69, 9.17) is 11.6 Å². The summed E-state index contributed by atoms with van der Waals surface area (Å²) in [5.74, 6) is 2.57. The number of thiophene rings is 1. The Morgan fingerprint density at radius 1 is 1.54 bits per heavy atom. The quantitative estimate of drug-likeness (QED) is 0.862. The molecule has 1 unspecified atom stereocenters. The number of thioether (sulfide) groups is 1. The molecule has 1 fully saturated rings. The Labute approximate surface area is 91.9 Å². The van der Waals surface area contributed by atoms with Gasteiger partial charge in [0.05, 0.1) is 4.34 Å². The normalized spacial score (nSPS) is 22.4. The number of halogens is 1. The van der Waals surface area contributed by atoms with E-state index in [0.29, 0.717) is 6.04 Å². The summed E-state index contributed by atoms with van der Waals surface area (Å²) in [5, 5.41) is 3.54. The minimum absolute atomic E-state index is 0.714. The Morgan fingerprint density at radius 3 is 3.08 bits per heavy atom. The van der Waals surface area contributed by atoms with Crippen LogP contribution in [0.15, 0.2) is 12.1 Å². The summed E-state index contributed by atoms with van der Waals surface area (Å²) in [5.41, 5.74) is 0. The molecule has 13 heavy (non-hydrogen) atoms. The summed E-state index contributed by atoms with van der Waals surface area (Å²) in [7, 11) is 0. The number of hydrogen-bond donors (Lipinski definition) is 1. The highest BCUT2D eigenvalue weighted by Crippen LogP contribution is 2.22. The lowest BCUT2D eigenvalue weighted by atomic mass is 10.2. The van der Waals surface area contributed by atoms with Crippen LogP contribution in [0, 0.1) is 0 Å². The average molecular weight is 234 g/mol. The standard InChI is InChI=1S/C9H12ClNS2/c10-9-2-1-8(13-9)5-11-7-3-4-12-6-7/h1-2,7,11H,3-6H2. The van der Waals surface area contributed by atoms with Crippen LogP contribution in [0.2, 0.25) is 4.34 Å². The van der Waals surface area contributed by atoms with Gasteiger partial charge in [-0.25, -0.2) is 0 Å². The van der Waals surface area contributed by atoms with Gasteiger partial charge >= 0.3 is 0 Å². The third kappa shape index (κ3) is 2.88. The van der Waals surface area contributed by atoms with Crippen LogP contribution < -0.4 is 5.32 Å². The molecule has 2 rings (SSSR count). The fourth-order valence-electron chi connectivity index (χ4n) is 1.39. The van der Waals surface area contributed by atoms with Crippen LogP contribution in [0.25, 0.3) is 0 Å². The highest BCUT2D eigenvalue weighted by Gasteiger charge is 2.14. The van der Waals surface area contributed by atoms with E-state index in [-0.39, 0.29) is 0 Å². The first-order chi connectivity index (χ1) is 6.34. The van der Waals surface area contributed by atoms with Gasteiger partial charge in [0.25, 0.3) is 0 Å². The van der Waals surface area contributed by atoms with Crippen molar-refractivity contribution in [1.82, 2.24) is 5.32 Å². The summed E-state index contributed by atoms with van der Waals surface area (Å²) in [4.78, 5) is 1.34. The first kappa shape index (κ1) is 9.84. The van der Waals surface area contributed by atoms with Crippen molar-refractivity contribution in [3.63, 3.8) is 0 Å². The Morgan fingerprint density at radius 2 is 2.46 bits per heavy atom. The van der Waals surface area contributed by atoms with Crippen molar-refractivity contribution in [2.75, 3.05) is 11.5 Å². The minimum Gasteiger partial charge on any atom is -0.308 e. The van der Waals surface area contributed by atoms with E-state index < -0.39 is 0 Å². The van der Waals surface area contributed by atoms with Gasteiger partial charge in [-0.1, -0.05) is 11.6 Å². The largest absolute Gasteiger partial charge is 0.308 e. The summed E-state index contributed by atoms with van der Waals surface area (Å²) >= 11 is 9.55. The lowest BCUT2D eigenvalue weighted by Gasteiger charge is -2.08. The lowest BCUT2D eigenvalue weighted by Crippen LogP contribution is -2.27. The molecule has 1 saturated heterocycles. The molecule has 72 valence electrons. The third-order valence-electron chi connectivity index (χ3n) is 2.12. The second kappa shape index (κ2) is 4.69. The van der Waals surface area contributed by atoms with E-state index in [1.807, 2.05) is 17.8 Å². The molecule has 1 aromatic rings. The SMILES string of the molecule is Clc1ccc(CNC2CCSC2)s1. The van der Waals surface area contributed by atoms with Gasteiger partial charge in [0.1, 0.15) is 0 Å². The molecular formula is C9H12ClNS2. The first-order valence-electron chi connectivity index (χ1n) is 4.40. The van der Waals surface area contributed by atoms with Gasteiger partial charge in [-0.15, -0.1) is 11.3 Å². The van der Waals surface area contributed by atoms with E-state index in [9.17, 15) is 0 Å². The van der Waals surface area contributed by atoms with Crippen molar-refractivity contribution < 1.29 is 0 Å². The van der Waals surface area contributed by atoms with Crippen LogP contribution in [0.3, 0.4) is 0 Å². The molecule has 0 spiro atoms. The van der Waals surface area contributed by atoms with Crippen molar-refractivity contribution in [2.45, 2.75) is 19.0 Å². The van der Waals surface area contributed by atoms with Gasteiger partial charge in [0, 0.05) is 23.2 Å². The summed E-state index contributed by atoms with van der Waals surface area (Å²) in [6.45, 7) is 0.975.